The summed E-state index contributed by atoms with van der Waals surface area (Å²) in [6, 6.07) is 13.3. The van der Waals surface area contributed by atoms with E-state index in [9.17, 15) is 15.0 Å². The Morgan fingerprint density at radius 3 is 2.74 bits per heavy atom. The first kappa shape index (κ1) is 16.5. The molecular formula is C17H18N2O4. The number of ether oxygens (including phenoxy) is 1. The number of nitrogens with zero attached hydrogens (tertiary/aromatic N) is 1. The molecule has 0 aliphatic heterocycles. The minimum absolute atomic E-state index is 0.0348. The van der Waals surface area contributed by atoms with Crippen LogP contribution in [-0.2, 0) is 4.79 Å². The van der Waals surface area contributed by atoms with Crippen LogP contribution in [0, 0.1) is 0 Å². The van der Waals surface area contributed by atoms with Crippen LogP contribution >= 0.6 is 0 Å². The SMILES string of the molecule is CCOc1cc(/C=N\NC(=O)[C@@H](O)c2ccccc2)ccc1O. The van der Waals surface area contributed by atoms with Crippen molar-refractivity contribution in [3.63, 3.8) is 0 Å². The normalized spacial score (nSPS) is 12.1. The maximum absolute atomic E-state index is 11.8. The molecule has 1 atom stereocenters. The van der Waals surface area contributed by atoms with Crippen molar-refractivity contribution in [3.8, 4) is 11.5 Å². The average Bonchev–Trinajstić information content (AvgIpc) is 2.58. The van der Waals surface area contributed by atoms with Gasteiger partial charge in [0.25, 0.3) is 5.91 Å². The summed E-state index contributed by atoms with van der Waals surface area (Å²) in [4.78, 5) is 11.8. The number of phenolic OH excluding ortho intramolecular Hbond substituents is 1. The fourth-order valence-corrected chi connectivity index (χ4v) is 1.90. The third-order valence-corrected chi connectivity index (χ3v) is 3.04. The fourth-order valence-electron chi connectivity index (χ4n) is 1.90. The topological polar surface area (TPSA) is 91.2 Å². The van der Waals surface area contributed by atoms with Crippen LogP contribution < -0.4 is 10.2 Å². The van der Waals surface area contributed by atoms with Gasteiger partial charge in [-0.05, 0) is 36.2 Å². The Morgan fingerprint density at radius 1 is 1.30 bits per heavy atom. The van der Waals surface area contributed by atoms with Gasteiger partial charge in [0.05, 0.1) is 12.8 Å². The van der Waals surface area contributed by atoms with Crippen molar-refractivity contribution in [1.82, 2.24) is 5.43 Å². The van der Waals surface area contributed by atoms with Gasteiger partial charge in [0.1, 0.15) is 0 Å². The Morgan fingerprint density at radius 2 is 2.04 bits per heavy atom. The van der Waals surface area contributed by atoms with E-state index < -0.39 is 12.0 Å². The zero-order valence-electron chi connectivity index (χ0n) is 12.6. The van der Waals surface area contributed by atoms with Gasteiger partial charge >= 0.3 is 0 Å². The number of benzene rings is 2. The second-order valence-corrected chi connectivity index (χ2v) is 4.71. The molecule has 0 heterocycles. The van der Waals surface area contributed by atoms with E-state index in [0.717, 1.165) is 0 Å². The molecule has 2 rings (SSSR count). The zero-order chi connectivity index (χ0) is 16.7. The van der Waals surface area contributed by atoms with Crippen LogP contribution in [0.1, 0.15) is 24.2 Å². The maximum Gasteiger partial charge on any atom is 0.273 e. The third kappa shape index (κ3) is 4.55. The van der Waals surface area contributed by atoms with Crippen molar-refractivity contribution in [2.75, 3.05) is 6.61 Å². The molecule has 120 valence electrons. The van der Waals surface area contributed by atoms with Crippen molar-refractivity contribution >= 4 is 12.1 Å². The van der Waals surface area contributed by atoms with Crippen LogP contribution in [0.4, 0.5) is 0 Å². The molecule has 0 aliphatic carbocycles. The second kappa shape index (κ2) is 7.95. The predicted octanol–water partition coefficient (Wildman–Crippen LogP) is 1.97. The summed E-state index contributed by atoms with van der Waals surface area (Å²) in [6.45, 7) is 2.24. The molecule has 0 bridgehead atoms. The summed E-state index contributed by atoms with van der Waals surface area (Å²) in [6.07, 6.45) is 0.115. The second-order valence-electron chi connectivity index (χ2n) is 4.71. The monoisotopic (exact) mass is 314 g/mol. The molecule has 0 aromatic heterocycles. The van der Waals surface area contributed by atoms with E-state index in [1.54, 1.807) is 42.5 Å². The van der Waals surface area contributed by atoms with Crippen LogP contribution in [0.2, 0.25) is 0 Å². The molecule has 3 N–H and O–H groups in total. The van der Waals surface area contributed by atoms with Gasteiger partial charge in [0.2, 0.25) is 0 Å². The van der Waals surface area contributed by atoms with Crippen molar-refractivity contribution < 1.29 is 19.7 Å². The Bertz CT molecular complexity index is 686. The first-order valence-corrected chi connectivity index (χ1v) is 7.13. The number of phenols is 1. The number of rotatable bonds is 6. The highest BCUT2D eigenvalue weighted by molar-refractivity contribution is 5.85. The van der Waals surface area contributed by atoms with Crippen LogP contribution in [-0.4, -0.2) is 28.9 Å². The minimum Gasteiger partial charge on any atom is -0.504 e. The number of hydrogen-bond acceptors (Lipinski definition) is 5. The van der Waals surface area contributed by atoms with Gasteiger partial charge in [0.15, 0.2) is 17.6 Å². The molecule has 2 aromatic carbocycles. The number of amides is 1. The highest BCUT2D eigenvalue weighted by Gasteiger charge is 2.15. The zero-order valence-corrected chi connectivity index (χ0v) is 12.6. The number of hydrazone groups is 1. The molecule has 0 fully saturated rings. The maximum atomic E-state index is 11.8. The Labute approximate surface area is 134 Å². The molecule has 1 amide bonds. The predicted molar refractivity (Wildman–Crippen MR) is 86.4 cm³/mol. The number of aliphatic hydroxyl groups excluding tert-OH is 1. The van der Waals surface area contributed by atoms with Crippen molar-refractivity contribution in [3.05, 3.63) is 59.7 Å². The minimum atomic E-state index is -1.29. The lowest BCUT2D eigenvalue weighted by molar-refractivity contribution is -0.129. The first-order chi connectivity index (χ1) is 11.1. The van der Waals surface area contributed by atoms with Gasteiger partial charge in [-0.1, -0.05) is 30.3 Å². The van der Waals surface area contributed by atoms with Crippen molar-refractivity contribution in [2.45, 2.75) is 13.0 Å². The molecule has 0 saturated carbocycles. The lowest BCUT2D eigenvalue weighted by Crippen LogP contribution is -2.25. The van der Waals surface area contributed by atoms with Gasteiger partial charge in [-0.25, -0.2) is 5.43 Å². The molecule has 0 spiro atoms. The van der Waals surface area contributed by atoms with E-state index in [2.05, 4.69) is 10.5 Å². The van der Waals surface area contributed by atoms with Gasteiger partial charge < -0.3 is 14.9 Å². The Hall–Kier alpha value is -2.86. The molecule has 0 radical (unpaired) electrons. The quantitative estimate of drug-likeness (QED) is 0.561. The molecule has 6 nitrogen and oxygen atoms in total. The number of aliphatic hydroxyl groups is 1. The van der Waals surface area contributed by atoms with E-state index in [4.69, 9.17) is 4.74 Å². The highest BCUT2D eigenvalue weighted by Crippen LogP contribution is 2.26. The molecule has 0 saturated heterocycles. The molecule has 23 heavy (non-hydrogen) atoms. The lowest BCUT2D eigenvalue weighted by Gasteiger charge is -2.08. The van der Waals surface area contributed by atoms with Crippen molar-refractivity contribution in [2.24, 2.45) is 5.10 Å². The number of aromatic hydroxyl groups is 1. The smallest absolute Gasteiger partial charge is 0.273 e. The molecule has 0 aliphatic rings. The third-order valence-electron chi connectivity index (χ3n) is 3.04. The number of carbonyl (C=O) groups excluding carboxylic acids is 1. The summed E-state index contributed by atoms with van der Waals surface area (Å²) in [5.74, 6) is -0.254. The van der Waals surface area contributed by atoms with E-state index in [0.29, 0.717) is 23.5 Å². The Balaban J connectivity index is 1.98. The first-order valence-electron chi connectivity index (χ1n) is 7.13. The van der Waals surface area contributed by atoms with Crippen LogP contribution in [0.3, 0.4) is 0 Å². The van der Waals surface area contributed by atoms with Crippen LogP contribution in [0.25, 0.3) is 0 Å². The van der Waals surface area contributed by atoms with Gasteiger partial charge in [-0.3, -0.25) is 4.79 Å². The summed E-state index contributed by atoms with van der Waals surface area (Å²) in [5, 5.41) is 23.3. The van der Waals surface area contributed by atoms with Crippen molar-refractivity contribution in [1.29, 1.82) is 0 Å². The summed E-state index contributed by atoms with van der Waals surface area (Å²) in [5.41, 5.74) is 3.40. The van der Waals surface area contributed by atoms with E-state index in [1.165, 1.54) is 12.3 Å². The summed E-state index contributed by atoms with van der Waals surface area (Å²) < 4.78 is 5.26. The average molecular weight is 314 g/mol. The van der Waals surface area contributed by atoms with Gasteiger partial charge in [-0.2, -0.15) is 5.10 Å². The standard InChI is InChI=1S/C17H18N2O4/c1-2-23-15-10-12(8-9-14(15)20)11-18-19-17(22)16(21)13-6-4-3-5-7-13/h3-11,16,20-21H,2H2,1H3,(H,19,22)/b18-11-/t16-/m0/s1. The molecule has 6 heteroatoms. The number of carbonyl (C=O) groups is 1. The van der Waals surface area contributed by atoms with E-state index >= 15 is 0 Å². The number of hydrogen-bond donors (Lipinski definition) is 3. The van der Waals surface area contributed by atoms with E-state index in [1.807, 2.05) is 6.92 Å². The largest absolute Gasteiger partial charge is 0.504 e. The molecular weight excluding hydrogens is 296 g/mol. The summed E-state index contributed by atoms with van der Waals surface area (Å²) in [7, 11) is 0. The van der Waals surface area contributed by atoms with Gasteiger partial charge in [0, 0.05) is 0 Å². The molecule has 2 aromatic rings. The van der Waals surface area contributed by atoms with E-state index in [-0.39, 0.29) is 5.75 Å². The highest BCUT2D eigenvalue weighted by atomic mass is 16.5. The number of nitrogens with one attached hydrogen (secondary N) is 1. The Kier molecular flexibility index (Phi) is 5.71. The van der Waals surface area contributed by atoms with Gasteiger partial charge in [-0.15, -0.1) is 0 Å². The van der Waals surface area contributed by atoms with Crippen LogP contribution in [0.15, 0.2) is 53.6 Å². The summed E-state index contributed by atoms with van der Waals surface area (Å²) >= 11 is 0. The lowest BCUT2D eigenvalue weighted by atomic mass is 10.1. The fraction of sp³-hybridized carbons (Fsp3) is 0.176. The molecule has 0 unspecified atom stereocenters. The van der Waals surface area contributed by atoms with Crippen LogP contribution in [0.5, 0.6) is 11.5 Å².